The SMILES string of the molecule is CC(CSCC1c2ccccc2-c2ccccc21)C(=O)O.CC1=C2OCOC2=C2[C@H](CO)N3C(C[C@]2(O)C1=O)[C@H]1c2c(cc(C)c(C)c2C)C[C@@H]([C@@H]3C#N)N1C.CC1=C2OCOC2=C2[C@H](COC(=O)C(C)CSCC3c4ccccc4-c4ccccc43)N3C(C[C@]2(O)C1=O)[C@H]1c2c(cc(C)c(C)c2C)C[C@@H]([C@@H]3C#N)N1C. The lowest BCUT2D eigenvalue weighted by molar-refractivity contribution is -0.160. The molecule has 6 saturated heterocycles. The molecule has 8 aliphatic heterocycles. The average molecular weight is 1530 g/mol. The first-order valence-corrected chi connectivity index (χ1v) is 41.1. The van der Waals surface area contributed by atoms with Gasteiger partial charge in [-0.15, -0.1) is 0 Å². The first-order valence-electron chi connectivity index (χ1n) is 38.8. The van der Waals surface area contributed by atoms with Crippen LogP contribution in [0.2, 0.25) is 0 Å². The number of carbonyl (C=O) groups is 4. The number of thioether (sulfide) groups is 2. The molecule has 12 aliphatic rings. The number of nitriles is 2. The molecule has 0 aromatic heterocycles. The molecule has 14 atom stereocenters. The quantitative estimate of drug-likeness (QED) is 0.0784. The minimum atomic E-state index is -1.93. The van der Waals surface area contributed by atoms with Gasteiger partial charge in [0, 0.05) is 94.1 Å². The Morgan fingerprint density at radius 2 is 0.919 bits per heavy atom. The van der Waals surface area contributed by atoms with E-state index in [4.69, 9.17) is 28.8 Å². The van der Waals surface area contributed by atoms with E-state index in [9.17, 15) is 45.0 Å². The highest BCUT2D eigenvalue weighted by atomic mass is 32.2. The van der Waals surface area contributed by atoms with Crippen LogP contribution in [-0.2, 0) is 55.7 Å². The number of ketones is 2. The largest absolute Gasteiger partial charge is 0.481 e. The second-order valence-electron chi connectivity index (χ2n) is 32.5. The van der Waals surface area contributed by atoms with Crippen molar-refractivity contribution in [2.75, 3.05) is 63.9 Å². The van der Waals surface area contributed by atoms with E-state index in [0.29, 0.717) is 69.2 Å². The normalized spacial score (nSPS) is 28.3. The van der Waals surface area contributed by atoms with Gasteiger partial charge in [-0.1, -0.05) is 123 Å². The number of carboxylic acids is 1. The molecule has 6 fully saturated rings. The Morgan fingerprint density at radius 3 is 1.31 bits per heavy atom. The van der Waals surface area contributed by atoms with E-state index in [1.165, 1.54) is 100 Å². The molecule has 0 radical (unpaired) electrons. The molecular weight excluding hydrogens is 1440 g/mol. The summed E-state index contributed by atoms with van der Waals surface area (Å²) in [6, 6.07) is 39.8. The lowest BCUT2D eigenvalue weighted by Gasteiger charge is -2.62. The fourth-order valence-corrected chi connectivity index (χ4v) is 23.4. The highest BCUT2D eigenvalue weighted by Crippen LogP contribution is 2.58. The number of aryl methyl sites for hydroxylation is 2. The number of ether oxygens (including phenoxy) is 5. The summed E-state index contributed by atoms with van der Waals surface area (Å²) in [4.78, 5) is 61.5. The number of carboxylic acid groups (broad SMARTS) is 1. The number of carbonyl (C=O) groups excluding carboxylic acids is 3. The minimum Gasteiger partial charge on any atom is -0.481 e. The maximum Gasteiger partial charge on any atom is 0.309 e. The van der Waals surface area contributed by atoms with Crippen LogP contribution < -0.4 is 0 Å². The van der Waals surface area contributed by atoms with Crippen LogP contribution in [0.3, 0.4) is 0 Å². The zero-order chi connectivity index (χ0) is 78.3. The van der Waals surface area contributed by atoms with Crippen molar-refractivity contribution in [2.24, 2.45) is 11.8 Å². The van der Waals surface area contributed by atoms with Gasteiger partial charge in [-0.05, 0) is 182 Å². The Hall–Kier alpha value is -8.84. The molecule has 0 spiro atoms. The third-order valence-corrected chi connectivity index (χ3v) is 29.4. The highest BCUT2D eigenvalue weighted by molar-refractivity contribution is 7.99. The van der Waals surface area contributed by atoms with E-state index < -0.39 is 64.9 Å². The fraction of sp³-hybridized carbons (Fsp3) is 0.444. The number of aliphatic carboxylic acids is 1. The summed E-state index contributed by atoms with van der Waals surface area (Å²) >= 11 is 3.47. The summed E-state index contributed by atoms with van der Waals surface area (Å²) in [5.41, 5.74) is 20.3. The predicted octanol–water partition coefficient (Wildman–Crippen LogP) is 12.4. The number of hydrogen-bond donors (Lipinski definition) is 4. The van der Waals surface area contributed by atoms with Crippen molar-refractivity contribution in [1.29, 1.82) is 10.5 Å². The van der Waals surface area contributed by atoms with Gasteiger partial charge in [0.15, 0.2) is 45.8 Å². The Bertz CT molecular complexity index is 5040. The maximum absolute atomic E-state index is 14.3. The van der Waals surface area contributed by atoms with Crippen molar-refractivity contribution in [3.63, 3.8) is 0 Å². The predicted molar refractivity (Wildman–Crippen MR) is 424 cm³/mol. The van der Waals surface area contributed by atoms with Gasteiger partial charge in [-0.2, -0.15) is 34.0 Å². The molecule has 19 nitrogen and oxygen atoms in total. The fourth-order valence-electron chi connectivity index (χ4n) is 20.9. The van der Waals surface area contributed by atoms with Crippen molar-refractivity contribution in [1.82, 2.24) is 19.6 Å². The van der Waals surface area contributed by atoms with Crippen LogP contribution in [-0.4, -0.2) is 187 Å². The number of likely N-dealkylation sites (N-methyl/N-ethyl adjacent to an activating group) is 2. The van der Waals surface area contributed by atoms with Crippen LogP contribution in [0, 0.1) is 76.0 Å². The number of benzene rings is 6. The average Bonchev–Trinajstić information content (AvgIpc) is 1.33. The topological polar surface area (TPSA) is 256 Å². The number of nitrogens with zero attached hydrogens (tertiary/aromatic N) is 6. The van der Waals surface area contributed by atoms with Crippen LogP contribution >= 0.6 is 23.5 Å². The number of fused-ring (bicyclic) bond motifs is 22. The molecule has 0 amide bonds. The van der Waals surface area contributed by atoms with Gasteiger partial charge in [-0.3, -0.25) is 38.8 Å². The number of hydrogen-bond acceptors (Lipinski definition) is 20. The van der Waals surface area contributed by atoms with Crippen LogP contribution in [0.4, 0.5) is 0 Å². The van der Waals surface area contributed by atoms with E-state index in [2.05, 4.69) is 190 Å². The third-order valence-electron chi connectivity index (χ3n) is 26.8. The molecule has 6 aromatic rings. The number of piperidine rings is 2. The number of aliphatic hydroxyl groups is 3. The number of Topliss-reactive ketones (excluding diaryl/α,β-unsaturated/α-hetero) is 2. The second-order valence-corrected chi connectivity index (χ2v) is 34.6. The number of rotatable bonds is 13. The zero-order valence-corrected chi connectivity index (χ0v) is 66.6. The Morgan fingerprint density at radius 1 is 0.550 bits per heavy atom. The molecular formula is C90H96N6O13S2. The Balaban J connectivity index is 0.000000141. The summed E-state index contributed by atoms with van der Waals surface area (Å²) < 4.78 is 29.4. The highest BCUT2D eigenvalue weighted by Gasteiger charge is 2.67. The second kappa shape index (κ2) is 29.3. The molecule has 0 saturated carbocycles. The van der Waals surface area contributed by atoms with Gasteiger partial charge < -0.3 is 44.1 Å². The lowest BCUT2D eigenvalue weighted by atomic mass is 9.64. The maximum atomic E-state index is 14.3. The van der Waals surface area contributed by atoms with E-state index in [1.807, 2.05) is 14.0 Å². The van der Waals surface area contributed by atoms with E-state index in [0.717, 1.165) is 17.9 Å². The monoisotopic (exact) mass is 1530 g/mol. The van der Waals surface area contributed by atoms with Crippen molar-refractivity contribution < 1.29 is 63.3 Å². The molecule has 18 rings (SSSR count). The molecule has 21 heteroatoms. The van der Waals surface area contributed by atoms with Gasteiger partial charge in [0.05, 0.1) is 54.7 Å². The van der Waals surface area contributed by atoms with Crippen LogP contribution in [0.15, 0.2) is 155 Å². The molecule has 4 N–H and O–H groups in total. The zero-order valence-electron chi connectivity index (χ0n) is 64.9. The van der Waals surface area contributed by atoms with Gasteiger partial charge in [0.25, 0.3) is 0 Å². The van der Waals surface area contributed by atoms with Gasteiger partial charge in [-0.25, -0.2) is 0 Å². The molecule has 6 aromatic carbocycles. The number of piperazine rings is 2. The molecule has 8 heterocycles. The van der Waals surface area contributed by atoms with Crippen LogP contribution in [0.25, 0.3) is 22.3 Å². The number of aliphatic hydroxyl groups excluding tert-OH is 1. The Kier molecular flexibility index (Phi) is 20.1. The van der Waals surface area contributed by atoms with Crippen molar-refractivity contribution in [2.45, 2.75) is 178 Å². The summed E-state index contributed by atoms with van der Waals surface area (Å²) in [5, 5.41) is 65.8. The molecule has 576 valence electrons. The third kappa shape index (κ3) is 12.0. The molecule has 4 bridgehead atoms. The molecule has 4 aliphatic carbocycles. The van der Waals surface area contributed by atoms with Crippen molar-refractivity contribution >= 4 is 47.0 Å². The van der Waals surface area contributed by atoms with E-state index >= 15 is 0 Å². The van der Waals surface area contributed by atoms with Crippen molar-refractivity contribution in [3.8, 4) is 34.4 Å². The standard InChI is InChI=1S/C45H47N3O6S.C27H31N3O5.C18H18O2S/c1-23-15-28-16-34-36(18-46)48-35(40(47(34)6)38(28)26(4)25(23)3)17-45(51)39(42-41(53-22-54-42)27(5)43(45)49)37(48)19-52-44(50)24(2)20-55-21-33-31-13-9-7-11-29(31)30-12-8-10-14-32(30)33;1-12-6-16-7-17-19(9-28)30-18(23(29(17)5)21(16)14(3)13(12)2)8-27(33)22(20(30)10-31)25-24(34-11-35-25)15(4)26(27)32;1-12(18(19)20)10-21-11-17-15-8-4-2-6-13(15)14-7-3-5-9-16(14)17/h7-15,24,33-37,40,51H,16-17,19-22H2,1-6H3;6,17-20,23,31,33H,7-8,10-11H2,1-5H3;2-9,12,17H,10-11H2,1H3,(H,19,20)/t24?,34-,35?,36-,37-,40-,45+;17-,18?,19-,20-,23-,27+;/m00./s1. The summed E-state index contributed by atoms with van der Waals surface area (Å²) in [5.74, 6) is 2.31. The number of esters is 1. The molecule has 4 unspecified atom stereocenters. The van der Waals surface area contributed by atoms with Gasteiger partial charge >= 0.3 is 11.9 Å². The first-order chi connectivity index (χ1) is 53.3. The van der Waals surface area contributed by atoms with E-state index in [1.54, 1.807) is 44.3 Å². The minimum absolute atomic E-state index is 0.0443. The first kappa shape index (κ1) is 76.2. The molecule has 111 heavy (non-hydrogen) atoms. The van der Waals surface area contributed by atoms with Gasteiger partial charge in [0.2, 0.25) is 13.6 Å². The van der Waals surface area contributed by atoms with E-state index in [-0.39, 0.29) is 87.7 Å². The Labute approximate surface area is 657 Å². The smallest absolute Gasteiger partial charge is 0.309 e. The lowest BCUT2D eigenvalue weighted by Crippen LogP contribution is -2.74. The summed E-state index contributed by atoms with van der Waals surface area (Å²) in [7, 11) is 4.10. The summed E-state index contributed by atoms with van der Waals surface area (Å²) in [6.07, 6.45) is 1.58. The van der Waals surface area contributed by atoms with Crippen LogP contribution in [0.5, 0.6) is 0 Å². The summed E-state index contributed by atoms with van der Waals surface area (Å²) in [6.45, 7) is 19.1. The van der Waals surface area contributed by atoms with Crippen molar-refractivity contribution in [3.05, 3.63) is 232 Å². The van der Waals surface area contributed by atoms with Gasteiger partial charge in [0.1, 0.15) is 18.7 Å². The van der Waals surface area contributed by atoms with Crippen LogP contribution in [0.1, 0.15) is 142 Å².